The van der Waals surface area contributed by atoms with Crippen LogP contribution < -0.4 is 10.2 Å². The molecule has 1 N–H and O–H groups in total. The van der Waals surface area contributed by atoms with Crippen LogP contribution in [0.3, 0.4) is 0 Å². The molecule has 1 saturated carbocycles. The minimum atomic E-state index is 0.220. The molecule has 0 aromatic heterocycles. The van der Waals surface area contributed by atoms with Gasteiger partial charge >= 0.3 is 0 Å². The number of hydrogen-bond acceptors (Lipinski definition) is 2. The molecule has 1 heterocycles. The number of piperidine rings is 1. The molecule has 1 aromatic carbocycles. The van der Waals surface area contributed by atoms with Crippen LogP contribution in [-0.4, -0.2) is 19.0 Å². The van der Waals surface area contributed by atoms with Crippen LogP contribution in [0.4, 0.5) is 5.69 Å². The van der Waals surface area contributed by atoms with E-state index in [2.05, 4.69) is 41.4 Å². The van der Waals surface area contributed by atoms with Gasteiger partial charge in [-0.3, -0.25) is 4.79 Å². The smallest absolute Gasteiger partial charge is 0.223 e. The summed E-state index contributed by atoms with van der Waals surface area (Å²) in [7, 11) is 0. The number of amides is 1. The normalized spacial score (nSPS) is 25.4. The maximum absolute atomic E-state index is 11.8. The highest BCUT2D eigenvalue weighted by Gasteiger charge is 2.38. The number of carbonyl (C=O) groups is 1. The van der Waals surface area contributed by atoms with Crippen LogP contribution >= 0.6 is 0 Å². The van der Waals surface area contributed by atoms with Crippen LogP contribution in [0.1, 0.15) is 38.2 Å². The van der Waals surface area contributed by atoms with Gasteiger partial charge in [-0.15, -0.1) is 0 Å². The molecule has 3 rings (SSSR count). The summed E-state index contributed by atoms with van der Waals surface area (Å²) in [6.07, 6.45) is 5.02. The quantitative estimate of drug-likeness (QED) is 0.914. The van der Waals surface area contributed by atoms with Crippen LogP contribution in [0.25, 0.3) is 0 Å². The molecule has 20 heavy (non-hydrogen) atoms. The van der Waals surface area contributed by atoms with Crippen LogP contribution in [0.15, 0.2) is 24.3 Å². The van der Waals surface area contributed by atoms with Crippen molar-refractivity contribution in [1.29, 1.82) is 0 Å². The molecule has 1 aromatic rings. The lowest BCUT2D eigenvalue weighted by molar-refractivity contribution is -0.122. The van der Waals surface area contributed by atoms with Gasteiger partial charge in [0.2, 0.25) is 5.91 Å². The SMILES string of the molecule is C[C@H]1C[C@@H]1C(=O)NCc1ccc(N2CCCCC2)cc1. The Morgan fingerprint density at radius 1 is 1.20 bits per heavy atom. The summed E-state index contributed by atoms with van der Waals surface area (Å²) in [6, 6.07) is 8.65. The third-order valence-electron chi connectivity index (χ3n) is 4.57. The second-order valence-corrected chi connectivity index (χ2v) is 6.25. The van der Waals surface area contributed by atoms with Gasteiger partial charge in [-0.05, 0) is 49.3 Å². The molecule has 0 radical (unpaired) electrons. The van der Waals surface area contributed by atoms with E-state index in [1.807, 2.05) is 0 Å². The van der Waals surface area contributed by atoms with E-state index in [1.54, 1.807) is 0 Å². The number of anilines is 1. The lowest BCUT2D eigenvalue weighted by Crippen LogP contribution is -2.29. The van der Waals surface area contributed by atoms with Gasteiger partial charge < -0.3 is 10.2 Å². The van der Waals surface area contributed by atoms with Gasteiger partial charge in [-0.1, -0.05) is 19.1 Å². The fourth-order valence-corrected chi connectivity index (χ4v) is 2.98. The zero-order valence-corrected chi connectivity index (χ0v) is 12.3. The number of benzene rings is 1. The van der Waals surface area contributed by atoms with Crippen molar-refractivity contribution >= 4 is 11.6 Å². The van der Waals surface area contributed by atoms with Gasteiger partial charge in [0.05, 0.1) is 0 Å². The summed E-state index contributed by atoms with van der Waals surface area (Å²) in [6.45, 7) is 5.14. The number of hydrogen-bond donors (Lipinski definition) is 1. The fraction of sp³-hybridized carbons (Fsp3) is 0.588. The van der Waals surface area contributed by atoms with E-state index < -0.39 is 0 Å². The molecular weight excluding hydrogens is 248 g/mol. The van der Waals surface area contributed by atoms with Crippen LogP contribution in [0.2, 0.25) is 0 Å². The van der Waals surface area contributed by atoms with Crippen molar-refractivity contribution in [2.75, 3.05) is 18.0 Å². The van der Waals surface area contributed by atoms with Crippen LogP contribution in [0, 0.1) is 11.8 Å². The van der Waals surface area contributed by atoms with E-state index in [-0.39, 0.29) is 11.8 Å². The Kier molecular flexibility index (Phi) is 3.95. The Balaban J connectivity index is 1.51. The Bertz CT molecular complexity index is 462. The molecule has 2 fully saturated rings. The topological polar surface area (TPSA) is 32.3 Å². The van der Waals surface area contributed by atoms with Crippen molar-refractivity contribution in [3.8, 4) is 0 Å². The number of carbonyl (C=O) groups excluding carboxylic acids is 1. The van der Waals surface area contributed by atoms with Crippen molar-refractivity contribution in [2.24, 2.45) is 11.8 Å². The molecule has 3 heteroatoms. The molecule has 0 spiro atoms. The second kappa shape index (κ2) is 5.86. The van der Waals surface area contributed by atoms with E-state index in [9.17, 15) is 4.79 Å². The highest BCUT2D eigenvalue weighted by Crippen LogP contribution is 2.37. The van der Waals surface area contributed by atoms with Crippen molar-refractivity contribution in [1.82, 2.24) is 5.32 Å². The Morgan fingerprint density at radius 3 is 2.45 bits per heavy atom. The number of nitrogens with one attached hydrogen (secondary N) is 1. The zero-order valence-electron chi connectivity index (χ0n) is 12.3. The number of nitrogens with zero attached hydrogens (tertiary/aromatic N) is 1. The molecule has 0 unspecified atom stereocenters. The van der Waals surface area contributed by atoms with Crippen LogP contribution in [-0.2, 0) is 11.3 Å². The summed E-state index contributed by atoms with van der Waals surface area (Å²) in [4.78, 5) is 14.2. The Morgan fingerprint density at radius 2 is 1.85 bits per heavy atom. The molecule has 1 amide bonds. The first-order valence-electron chi connectivity index (χ1n) is 7.85. The van der Waals surface area contributed by atoms with E-state index in [1.165, 1.54) is 43.6 Å². The molecule has 2 aliphatic rings. The summed E-state index contributed by atoms with van der Waals surface area (Å²) >= 11 is 0. The average Bonchev–Trinajstić information content (AvgIpc) is 3.23. The molecule has 3 nitrogen and oxygen atoms in total. The maximum Gasteiger partial charge on any atom is 0.223 e. The summed E-state index contributed by atoms with van der Waals surface area (Å²) in [5.74, 6) is 1.07. The molecule has 1 aliphatic carbocycles. The molecule has 0 bridgehead atoms. The van der Waals surface area contributed by atoms with Gasteiger partial charge in [0.15, 0.2) is 0 Å². The fourth-order valence-electron chi connectivity index (χ4n) is 2.98. The van der Waals surface area contributed by atoms with Gasteiger partial charge in [0.25, 0.3) is 0 Å². The minimum Gasteiger partial charge on any atom is -0.372 e. The maximum atomic E-state index is 11.8. The van der Waals surface area contributed by atoms with Crippen molar-refractivity contribution < 1.29 is 4.79 Å². The summed E-state index contributed by atoms with van der Waals surface area (Å²) in [5.41, 5.74) is 2.50. The zero-order chi connectivity index (χ0) is 13.9. The highest BCUT2D eigenvalue weighted by molar-refractivity contribution is 5.81. The Hall–Kier alpha value is -1.51. The first kappa shape index (κ1) is 13.5. The lowest BCUT2D eigenvalue weighted by Gasteiger charge is -2.28. The molecule has 108 valence electrons. The van der Waals surface area contributed by atoms with Crippen molar-refractivity contribution in [2.45, 2.75) is 39.2 Å². The van der Waals surface area contributed by atoms with Crippen LogP contribution in [0.5, 0.6) is 0 Å². The average molecular weight is 272 g/mol. The van der Waals surface area contributed by atoms with Crippen molar-refractivity contribution in [3.63, 3.8) is 0 Å². The molecular formula is C17H24N2O. The number of rotatable bonds is 4. The molecule has 2 atom stereocenters. The van der Waals surface area contributed by atoms with E-state index >= 15 is 0 Å². The van der Waals surface area contributed by atoms with E-state index in [0.29, 0.717) is 12.5 Å². The monoisotopic (exact) mass is 272 g/mol. The first-order chi connectivity index (χ1) is 9.74. The first-order valence-corrected chi connectivity index (χ1v) is 7.85. The van der Waals surface area contributed by atoms with Gasteiger partial charge in [-0.2, -0.15) is 0 Å². The minimum absolute atomic E-state index is 0.220. The van der Waals surface area contributed by atoms with Crippen molar-refractivity contribution in [3.05, 3.63) is 29.8 Å². The predicted octanol–water partition coefficient (Wildman–Crippen LogP) is 2.95. The summed E-state index contributed by atoms with van der Waals surface area (Å²) in [5, 5.41) is 3.04. The molecule has 1 aliphatic heterocycles. The standard InChI is InChI=1S/C17H24N2O/c1-13-11-16(13)17(20)18-12-14-5-7-15(8-6-14)19-9-3-2-4-10-19/h5-8,13,16H,2-4,9-12H2,1H3,(H,18,20)/t13-,16-/m0/s1. The predicted molar refractivity (Wildman–Crippen MR) is 81.6 cm³/mol. The molecule has 1 saturated heterocycles. The van der Waals surface area contributed by atoms with E-state index in [4.69, 9.17) is 0 Å². The second-order valence-electron chi connectivity index (χ2n) is 6.25. The van der Waals surface area contributed by atoms with E-state index in [0.717, 1.165) is 6.42 Å². The highest BCUT2D eigenvalue weighted by atomic mass is 16.2. The van der Waals surface area contributed by atoms with Gasteiger partial charge in [0, 0.05) is 31.2 Å². The Labute approximate surface area is 121 Å². The third-order valence-corrected chi connectivity index (χ3v) is 4.57. The third kappa shape index (κ3) is 3.14. The largest absolute Gasteiger partial charge is 0.372 e. The lowest BCUT2D eigenvalue weighted by atomic mass is 10.1. The van der Waals surface area contributed by atoms with Gasteiger partial charge in [-0.25, -0.2) is 0 Å². The summed E-state index contributed by atoms with van der Waals surface area (Å²) < 4.78 is 0. The van der Waals surface area contributed by atoms with Gasteiger partial charge in [0.1, 0.15) is 0 Å².